The Hall–Kier alpha value is -5.26. The number of alkyl halides is 3. The first-order chi connectivity index (χ1) is 28.9. The van der Waals surface area contributed by atoms with Crippen LogP contribution in [0, 0.1) is 17.3 Å². The lowest BCUT2D eigenvalue weighted by molar-refractivity contribution is -0.141. The Morgan fingerprint density at radius 1 is 0.934 bits per heavy atom. The van der Waals surface area contributed by atoms with Gasteiger partial charge < -0.3 is 20.6 Å². The second kappa shape index (κ2) is 15.3. The van der Waals surface area contributed by atoms with E-state index in [-0.39, 0.29) is 41.3 Å². The predicted octanol–water partition coefficient (Wildman–Crippen LogP) is 6.69. The number of aliphatic hydroxyl groups is 1. The van der Waals surface area contributed by atoms with Crippen molar-refractivity contribution >= 4 is 62.5 Å². The van der Waals surface area contributed by atoms with Gasteiger partial charge in [0.1, 0.15) is 17.4 Å². The number of likely N-dealkylation sites (tertiary alicyclic amines) is 1. The van der Waals surface area contributed by atoms with E-state index < -0.39 is 53.0 Å². The van der Waals surface area contributed by atoms with E-state index in [0.29, 0.717) is 40.6 Å². The van der Waals surface area contributed by atoms with Crippen molar-refractivity contribution in [1.29, 1.82) is 0 Å². The molecule has 4 N–H and O–H groups in total. The van der Waals surface area contributed by atoms with E-state index in [0.717, 1.165) is 84.9 Å². The second-order valence-electron chi connectivity index (χ2n) is 18.1. The molecule has 1 unspecified atom stereocenters. The summed E-state index contributed by atoms with van der Waals surface area (Å²) in [5.74, 6) is -1.55. The van der Waals surface area contributed by atoms with Crippen molar-refractivity contribution in [2.45, 2.75) is 89.0 Å². The van der Waals surface area contributed by atoms with Crippen molar-refractivity contribution in [3.63, 3.8) is 0 Å². The van der Waals surface area contributed by atoms with Crippen LogP contribution in [0.4, 0.5) is 24.5 Å². The van der Waals surface area contributed by atoms with Gasteiger partial charge in [0.2, 0.25) is 11.8 Å². The van der Waals surface area contributed by atoms with E-state index in [2.05, 4.69) is 25.8 Å². The van der Waals surface area contributed by atoms with Crippen LogP contribution in [0.15, 0.2) is 48.5 Å². The summed E-state index contributed by atoms with van der Waals surface area (Å²) in [7, 11) is 0. The Morgan fingerprint density at radius 2 is 1.67 bits per heavy atom. The van der Waals surface area contributed by atoms with E-state index in [1.807, 2.05) is 0 Å². The van der Waals surface area contributed by atoms with Gasteiger partial charge in [0.05, 0.1) is 32.0 Å². The fourth-order valence-corrected chi connectivity index (χ4v) is 11.3. The monoisotopic (exact) mass is 857 g/mol. The standard InChI is InChI=1S/C44H46F3N7O6S/c1-42(2,60)27-15-31-33(16-30(27)50-37(56)29-7-4-8-34(49-29)44(45,46)47)61-39(51-31)25-11-9-23(10-12-25)20-53-21-43(22-53)17-24(18-43)19-48-28-6-3-5-26-36(28)41(59)54(40(26)58)32-13-14-35(55)52-38(32)57/h3-8,15-16,23-25,32,48,60H,9-14,17-22H2,1-2H3,(H,50,56)(H,52,55,57). The molecule has 2 aliphatic carbocycles. The zero-order valence-corrected chi connectivity index (χ0v) is 34.5. The van der Waals surface area contributed by atoms with Crippen molar-refractivity contribution < 1.29 is 42.3 Å². The number of aromatic nitrogens is 2. The number of benzene rings is 2. The van der Waals surface area contributed by atoms with Crippen molar-refractivity contribution in [3.8, 4) is 0 Å². The van der Waals surface area contributed by atoms with Crippen molar-refractivity contribution in [3.05, 3.63) is 81.6 Å². The molecular formula is C44H46F3N7O6S. The van der Waals surface area contributed by atoms with Gasteiger partial charge in [-0.25, -0.2) is 9.97 Å². The number of fused-ring (bicyclic) bond motifs is 2. The number of nitrogens with one attached hydrogen (secondary N) is 3. The van der Waals surface area contributed by atoms with Gasteiger partial charge in [-0.3, -0.25) is 34.2 Å². The number of nitrogens with zero attached hydrogens (tertiary/aromatic N) is 4. The molecule has 2 aromatic heterocycles. The molecule has 2 saturated heterocycles. The first-order valence-corrected chi connectivity index (χ1v) is 21.6. The third-order valence-corrected chi connectivity index (χ3v) is 14.2. The Morgan fingerprint density at radius 3 is 2.38 bits per heavy atom. The summed E-state index contributed by atoms with van der Waals surface area (Å²) in [5.41, 5.74) is -0.0685. The highest BCUT2D eigenvalue weighted by Gasteiger charge is 2.52. The second-order valence-corrected chi connectivity index (χ2v) is 19.1. The van der Waals surface area contributed by atoms with Gasteiger partial charge in [-0.05, 0) is 112 Å². The molecule has 13 nitrogen and oxygen atoms in total. The van der Waals surface area contributed by atoms with E-state index >= 15 is 0 Å². The van der Waals surface area contributed by atoms with Crippen LogP contribution in [-0.4, -0.2) is 86.6 Å². The Bertz CT molecular complexity index is 2460. The zero-order valence-electron chi connectivity index (χ0n) is 33.7. The lowest BCUT2D eigenvalue weighted by Gasteiger charge is -2.60. The highest BCUT2D eigenvalue weighted by atomic mass is 32.1. The van der Waals surface area contributed by atoms with Gasteiger partial charge in [-0.15, -0.1) is 11.3 Å². The lowest BCUT2D eigenvalue weighted by Crippen LogP contribution is -2.63. The molecule has 9 rings (SSSR count). The van der Waals surface area contributed by atoms with Crippen molar-refractivity contribution in [2.75, 3.05) is 36.8 Å². The molecule has 4 aromatic rings. The minimum absolute atomic E-state index is 0.0729. The molecule has 61 heavy (non-hydrogen) atoms. The molecule has 17 heteroatoms. The number of rotatable bonds is 10. The lowest BCUT2D eigenvalue weighted by atomic mass is 9.57. The predicted molar refractivity (Wildman–Crippen MR) is 220 cm³/mol. The number of halogens is 3. The molecule has 320 valence electrons. The first kappa shape index (κ1) is 41.1. The topological polar surface area (TPSA) is 174 Å². The van der Waals surface area contributed by atoms with Crippen LogP contribution in [0.25, 0.3) is 10.2 Å². The number of piperidine rings is 1. The number of amides is 5. The van der Waals surface area contributed by atoms with E-state index in [1.165, 1.54) is 17.4 Å². The number of carbonyl (C=O) groups is 5. The van der Waals surface area contributed by atoms with Crippen LogP contribution in [0.3, 0.4) is 0 Å². The van der Waals surface area contributed by atoms with Gasteiger partial charge in [0, 0.05) is 55.5 Å². The quantitative estimate of drug-likeness (QED) is 0.126. The maximum atomic E-state index is 13.5. The Labute approximate surface area is 353 Å². The van der Waals surface area contributed by atoms with Crippen LogP contribution in [0.5, 0.6) is 0 Å². The summed E-state index contributed by atoms with van der Waals surface area (Å²) in [6.45, 7) is 7.04. The summed E-state index contributed by atoms with van der Waals surface area (Å²) >= 11 is 1.54. The third kappa shape index (κ3) is 7.91. The number of pyridine rings is 1. The summed E-state index contributed by atoms with van der Waals surface area (Å²) in [5, 5.41) is 20.3. The van der Waals surface area contributed by atoms with E-state index in [1.54, 1.807) is 44.2 Å². The summed E-state index contributed by atoms with van der Waals surface area (Å²) < 4.78 is 40.6. The molecule has 5 amide bonds. The fourth-order valence-electron chi connectivity index (χ4n) is 10.2. The number of hydrogen-bond donors (Lipinski definition) is 4. The molecule has 1 spiro atoms. The average molecular weight is 858 g/mol. The Kier molecular flexibility index (Phi) is 10.3. The van der Waals surface area contributed by atoms with Crippen LogP contribution in [0.1, 0.15) is 119 Å². The summed E-state index contributed by atoms with van der Waals surface area (Å²) in [4.78, 5) is 75.9. The molecule has 2 aromatic carbocycles. The number of anilines is 2. The van der Waals surface area contributed by atoms with Crippen LogP contribution >= 0.6 is 11.3 Å². The van der Waals surface area contributed by atoms with Gasteiger partial charge >= 0.3 is 6.18 Å². The summed E-state index contributed by atoms with van der Waals surface area (Å²) in [6, 6.07) is 10.8. The van der Waals surface area contributed by atoms with E-state index in [9.17, 15) is 42.3 Å². The maximum Gasteiger partial charge on any atom is 0.433 e. The molecule has 5 aliphatic rings. The number of imide groups is 2. The zero-order chi connectivity index (χ0) is 43.0. The minimum Gasteiger partial charge on any atom is -0.386 e. The van der Waals surface area contributed by atoms with Gasteiger partial charge in [-0.2, -0.15) is 13.2 Å². The average Bonchev–Trinajstić information content (AvgIpc) is 3.71. The normalized spacial score (nSPS) is 23.2. The number of hydrogen-bond acceptors (Lipinski definition) is 11. The van der Waals surface area contributed by atoms with Crippen molar-refractivity contribution in [2.24, 2.45) is 17.3 Å². The van der Waals surface area contributed by atoms with Crippen LogP contribution < -0.4 is 16.0 Å². The molecule has 4 fully saturated rings. The number of thiazole rings is 1. The molecular weight excluding hydrogens is 812 g/mol. The van der Waals surface area contributed by atoms with E-state index in [4.69, 9.17) is 4.98 Å². The smallest absolute Gasteiger partial charge is 0.386 e. The van der Waals surface area contributed by atoms with Gasteiger partial charge in [-0.1, -0.05) is 12.1 Å². The van der Waals surface area contributed by atoms with Crippen LogP contribution in [0.2, 0.25) is 0 Å². The molecule has 1 atom stereocenters. The third-order valence-electron chi connectivity index (χ3n) is 13.0. The highest BCUT2D eigenvalue weighted by molar-refractivity contribution is 7.18. The van der Waals surface area contributed by atoms with Crippen LogP contribution in [-0.2, 0) is 21.4 Å². The molecule has 2 saturated carbocycles. The highest BCUT2D eigenvalue weighted by Crippen LogP contribution is 2.53. The molecule has 3 aliphatic heterocycles. The maximum absolute atomic E-state index is 13.5. The molecule has 0 bridgehead atoms. The molecule has 0 radical (unpaired) electrons. The fraction of sp³-hybridized carbons (Fsp3) is 0.477. The van der Waals surface area contributed by atoms with Gasteiger partial charge in [0.25, 0.3) is 17.7 Å². The summed E-state index contributed by atoms with van der Waals surface area (Å²) in [6.07, 6.45) is 1.85. The largest absolute Gasteiger partial charge is 0.433 e. The SMILES string of the molecule is CC(C)(O)c1cc2nc(C3CCC(CN4CC5(CC(CNc6cccc7c6C(=O)N(C6CCC(=O)NC6=O)C7=O)C5)C4)CC3)sc2cc1NC(=O)c1cccc(C(F)(F)F)n1. The van der Waals surface area contributed by atoms with Crippen molar-refractivity contribution in [1.82, 2.24) is 25.1 Å². The minimum atomic E-state index is -4.69. The number of carbonyl (C=O) groups excluding carboxylic acids is 5. The Balaban J connectivity index is 0.753. The van der Waals surface area contributed by atoms with Gasteiger partial charge in [0.15, 0.2) is 0 Å². The first-order valence-electron chi connectivity index (χ1n) is 20.8. The molecule has 5 heterocycles.